The van der Waals surface area contributed by atoms with Crippen molar-refractivity contribution in [3.05, 3.63) is 23.9 Å². The number of hydrogen-bond donors (Lipinski definition) is 1. The van der Waals surface area contributed by atoms with Gasteiger partial charge in [-0.1, -0.05) is 12.5 Å². The molecular weight excluding hydrogens is 262 g/mol. The Morgan fingerprint density at radius 2 is 2.14 bits per heavy atom. The van der Waals surface area contributed by atoms with Gasteiger partial charge < -0.3 is 10.1 Å². The molecule has 1 aromatic rings. The Morgan fingerprint density at radius 3 is 2.81 bits per heavy atom. The van der Waals surface area contributed by atoms with Crippen LogP contribution < -0.4 is 10.1 Å². The van der Waals surface area contributed by atoms with Crippen molar-refractivity contribution < 1.29 is 4.74 Å². The van der Waals surface area contributed by atoms with Crippen LogP contribution in [0.5, 0.6) is 5.88 Å². The Balaban J connectivity index is 2.29. The van der Waals surface area contributed by atoms with Crippen molar-refractivity contribution in [1.29, 1.82) is 5.26 Å². The zero-order valence-corrected chi connectivity index (χ0v) is 13.6. The monoisotopic (exact) mass is 289 g/mol. The molecule has 1 rings (SSSR count). The molecule has 4 heteroatoms. The number of nitriles is 1. The Bertz CT molecular complexity index is 463. The quantitative estimate of drug-likeness (QED) is 0.705. The average molecular weight is 289 g/mol. The molecule has 1 N–H and O–H groups in total. The van der Waals surface area contributed by atoms with Crippen molar-refractivity contribution >= 4 is 0 Å². The van der Waals surface area contributed by atoms with E-state index >= 15 is 0 Å². The molecule has 0 aliphatic carbocycles. The van der Waals surface area contributed by atoms with Crippen LogP contribution >= 0.6 is 0 Å². The smallest absolute Gasteiger partial charge is 0.218 e. The van der Waals surface area contributed by atoms with Crippen molar-refractivity contribution in [2.24, 2.45) is 5.41 Å². The predicted octanol–water partition coefficient (Wildman–Crippen LogP) is 3.68. The van der Waals surface area contributed by atoms with Gasteiger partial charge in [0.2, 0.25) is 5.88 Å². The SMILES string of the molecule is CC(C)Oc1ncccc1CNCCCCC(C)(C)C#N. The molecule has 0 radical (unpaired) electrons. The summed E-state index contributed by atoms with van der Waals surface area (Å²) in [5.74, 6) is 0.714. The second-order valence-corrected chi connectivity index (χ2v) is 6.26. The van der Waals surface area contributed by atoms with Crippen LogP contribution in [0.4, 0.5) is 0 Å². The van der Waals surface area contributed by atoms with Crippen LogP contribution in [0.3, 0.4) is 0 Å². The molecule has 1 heterocycles. The van der Waals surface area contributed by atoms with E-state index in [4.69, 9.17) is 10.00 Å². The molecule has 0 aliphatic heterocycles. The van der Waals surface area contributed by atoms with Gasteiger partial charge in [-0.15, -0.1) is 0 Å². The molecule has 0 fully saturated rings. The van der Waals surface area contributed by atoms with E-state index in [9.17, 15) is 0 Å². The maximum absolute atomic E-state index is 8.96. The summed E-state index contributed by atoms with van der Waals surface area (Å²) < 4.78 is 5.70. The molecule has 0 saturated heterocycles. The van der Waals surface area contributed by atoms with Crippen LogP contribution in [0.1, 0.15) is 52.5 Å². The standard InChI is InChI=1S/C17H27N3O/c1-14(2)21-16-15(8-7-11-20-16)12-19-10-6-5-9-17(3,4)13-18/h7-8,11,14,19H,5-6,9-10,12H2,1-4H3. The summed E-state index contributed by atoms with van der Waals surface area (Å²) in [4.78, 5) is 4.28. The summed E-state index contributed by atoms with van der Waals surface area (Å²) in [5.41, 5.74) is 0.880. The normalized spacial score (nSPS) is 11.4. The van der Waals surface area contributed by atoms with Crippen LogP contribution in [-0.2, 0) is 6.54 Å². The van der Waals surface area contributed by atoms with Gasteiger partial charge in [-0.2, -0.15) is 5.26 Å². The molecule has 0 aromatic carbocycles. The maximum Gasteiger partial charge on any atom is 0.218 e. The van der Waals surface area contributed by atoms with Crippen LogP contribution in [0.15, 0.2) is 18.3 Å². The van der Waals surface area contributed by atoms with E-state index in [2.05, 4.69) is 16.4 Å². The topological polar surface area (TPSA) is 57.9 Å². The number of nitrogens with zero attached hydrogens (tertiary/aromatic N) is 2. The van der Waals surface area contributed by atoms with Gasteiger partial charge in [-0.05, 0) is 53.1 Å². The third-order valence-corrected chi connectivity index (χ3v) is 3.22. The zero-order chi connectivity index (χ0) is 15.7. The molecule has 116 valence electrons. The first-order valence-corrected chi connectivity index (χ1v) is 7.67. The third-order valence-electron chi connectivity index (χ3n) is 3.22. The Morgan fingerprint density at radius 1 is 1.38 bits per heavy atom. The second-order valence-electron chi connectivity index (χ2n) is 6.26. The van der Waals surface area contributed by atoms with E-state index in [1.807, 2.05) is 39.8 Å². The van der Waals surface area contributed by atoms with Gasteiger partial charge in [0, 0.05) is 18.3 Å². The molecule has 1 aromatic heterocycles. The second kappa shape index (κ2) is 8.63. The Labute approximate surface area is 128 Å². The molecule has 0 amide bonds. The van der Waals surface area contributed by atoms with Gasteiger partial charge in [-0.3, -0.25) is 0 Å². The average Bonchev–Trinajstić information content (AvgIpc) is 2.43. The van der Waals surface area contributed by atoms with Crippen LogP contribution in [0, 0.1) is 16.7 Å². The van der Waals surface area contributed by atoms with Crippen LogP contribution in [0.2, 0.25) is 0 Å². The van der Waals surface area contributed by atoms with Crippen molar-refractivity contribution in [3.63, 3.8) is 0 Å². The van der Waals surface area contributed by atoms with E-state index in [-0.39, 0.29) is 11.5 Å². The molecule has 21 heavy (non-hydrogen) atoms. The van der Waals surface area contributed by atoms with Gasteiger partial charge in [0.15, 0.2) is 0 Å². The lowest BCUT2D eigenvalue weighted by Crippen LogP contribution is -2.17. The zero-order valence-electron chi connectivity index (χ0n) is 13.6. The Hall–Kier alpha value is -1.60. The highest BCUT2D eigenvalue weighted by atomic mass is 16.5. The number of aromatic nitrogens is 1. The number of rotatable bonds is 9. The summed E-state index contributed by atoms with van der Waals surface area (Å²) in [6, 6.07) is 6.31. The molecule has 0 aliphatic rings. The van der Waals surface area contributed by atoms with Gasteiger partial charge in [-0.25, -0.2) is 4.98 Å². The number of nitrogens with one attached hydrogen (secondary N) is 1. The maximum atomic E-state index is 8.96. The van der Waals surface area contributed by atoms with Crippen molar-refractivity contribution in [1.82, 2.24) is 10.3 Å². The minimum absolute atomic E-state index is 0.131. The molecular formula is C17H27N3O. The Kier molecular flexibility index (Phi) is 7.18. The van der Waals surface area contributed by atoms with Crippen molar-refractivity contribution in [2.45, 2.75) is 59.6 Å². The largest absolute Gasteiger partial charge is 0.475 e. The van der Waals surface area contributed by atoms with Crippen molar-refractivity contribution in [2.75, 3.05) is 6.54 Å². The van der Waals surface area contributed by atoms with Crippen LogP contribution in [-0.4, -0.2) is 17.6 Å². The lowest BCUT2D eigenvalue weighted by Gasteiger charge is -2.15. The molecule has 0 saturated carbocycles. The minimum atomic E-state index is -0.207. The molecule has 0 bridgehead atoms. The van der Waals surface area contributed by atoms with E-state index in [1.54, 1.807) is 6.20 Å². The summed E-state index contributed by atoms with van der Waals surface area (Å²) >= 11 is 0. The molecule has 4 nitrogen and oxygen atoms in total. The number of ether oxygens (including phenoxy) is 1. The lowest BCUT2D eigenvalue weighted by atomic mass is 9.89. The van der Waals surface area contributed by atoms with E-state index in [0.717, 1.165) is 37.9 Å². The van der Waals surface area contributed by atoms with Gasteiger partial charge in [0.25, 0.3) is 0 Å². The summed E-state index contributed by atoms with van der Waals surface area (Å²) in [6.07, 6.45) is 4.97. The summed E-state index contributed by atoms with van der Waals surface area (Å²) in [6.45, 7) is 9.69. The van der Waals surface area contributed by atoms with Gasteiger partial charge in [0.05, 0.1) is 17.6 Å². The minimum Gasteiger partial charge on any atom is -0.475 e. The van der Waals surface area contributed by atoms with Gasteiger partial charge in [0.1, 0.15) is 0 Å². The first-order chi connectivity index (χ1) is 9.94. The highest BCUT2D eigenvalue weighted by molar-refractivity contribution is 5.25. The highest BCUT2D eigenvalue weighted by Crippen LogP contribution is 2.21. The molecule has 0 spiro atoms. The molecule has 0 unspecified atom stereocenters. The van der Waals surface area contributed by atoms with Gasteiger partial charge >= 0.3 is 0 Å². The summed E-state index contributed by atoms with van der Waals surface area (Å²) in [5, 5.41) is 12.4. The number of unbranched alkanes of at least 4 members (excludes halogenated alkanes) is 1. The van der Waals surface area contributed by atoms with E-state index in [0.29, 0.717) is 5.88 Å². The first kappa shape index (κ1) is 17.5. The van der Waals surface area contributed by atoms with E-state index < -0.39 is 0 Å². The first-order valence-electron chi connectivity index (χ1n) is 7.67. The van der Waals surface area contributed by atoms with E-state index in [1.165, 1.54) is 0 Å². The fraction of sp³-hybridized carbons (Fsp3) is 0.647. The molecule has 0 atom stereocenters. The fourth-order valence-corrected chi connectivity index (χ4v) is 1.98. The highest BCUT2D eigenvalue weighted by Gasteiger charge is 2.15. The lowest BCUT2D eigenvalue weighted by molar-refractivity contribution is 0.229. The third kappa shape index (κ3) is 7.10. The number of pyridine rings is 1. The number of hydrogen-bond acceptors (Lipinski definition) is 4. The fourth-order valence-electron chi connectivity index (χ4n) is 1.98. The van der Waals surface area contributed by atoms with Crippen LogP contribution in [0.25, 0.3) is 0 Å². The predicted molar refractivity (Wildman–Crippen MR) is 85.0 cm³/mol. The summed E-state index contributed by atoms with van der Waals surface area (Å²) in [7, 11) is 0. The van der Waals surface area contributed by atoms with Crippen molar-refractivity contribution in [3.8, 4) is 11.9 Å².